The molecule has 1 aromatic rings. The van der Waals surface area contributed by atoms with Crippen molar-refractivity contribution in [3.63, 3.8) is 0 Å². The molecular weight excluding hydrogens is 234 g/mol. The van der Waals surface area contributed by atoms with Gasteiger partial charge in [-0.05, 0) is 30.9 Å². The molecule has 1 saturated heterocycles. The Bertz CT molecular complexity index is 377. The molecule has 2 N–H and O–H groups in total. The monoisotopic (exact) mass is 261 g/mol. The second-order valence-corrected chi connectivity index (χ2v) is 5.80. The molecule has 1 fully saturated rings. The summed E-state index contributed by atoms with van der Waals surface area (Å²) in [7, 11) is 0. The zero-order chi connectivity index (χ0) is 13.7. The minimum Gasteiger partial charge on any atom is -0.384 e. The van der Waals surface area contributed by atoms with Gasteiger partial charge in [-0.2, -0.15) is 0 Å². The summed E-state index contributed by atoms with van der Waals surface area (Å²) in [5.74, 6) is 0.678. The minimum atomic E-state index is 0.678. The lowest BCUT2D eigenvalue weighted by Crippen LogP contribution is -2.45. The van der Waals surface area contributed by atoms with Crippen molar-refractivity contribution < 1.29 is 0 Å². The lowest BCUT2D eigenvalue weighted by atomic mass is 10.1. The first-order chi connectivity index (χ1) is 9.16. The number of nitrogens with zero attached hydrogens (tertiary/aromatic N) is 1. The second-order valence-electron chi connectivity index (χ2n) is 5.80. The summed E-state index contributed by atoms with van der Waals surface area (Å²) < 4.78 is 0. The molecule has 0 amide bonds. The highest BCUT2D eigenvalue weighted by atomic mass is 15.2. The molecular formula is C16H27N3. The predicted octanol–water partition coefficient (Wildman–Crippen LogP) is 2.26. The Labute approximate surface area is 117 Å². The average molecular weight is 261 g/mol. The van der Waals surface area contributed by atoms with Gasteiger partial charge in [-0.1, -0.05) is 25.1 Å². The zero-order valence-corrected chi connectivity index (χ0v) is 12.5. The van der Waals surface area contributed by atoms with Crippen LogP contribution in [0.15, 0.2) is 18.2 Å². The summed E-state index contributed by atoms with van der Waals surface area (Å²) in [5.41, 5.74) is 4.00. The molecule has 0 aromatic heterocycles. The van der Waals surface area contributed by atoms with Crippen LogP contribution in [0.4, 0.5) is 5.69 Å². The zero-order valence-electron chi connectivity index (χ0n) is 12.5. The number of anilines is 1. The Hall–Kier alpha value is -1.06. The van der Waals surface area contributed by atoms with Crippen molar-refractivity contribution in [2.45, 2.75) is 20.8 Å². The van der Waals surface area contributed by atoms with Crippen LogP contribution in [0.5, 0.6) is 0 Å². The number of hydrogen-bond acceptors (Lipinski definition) is 3. The molecule has 0 radical (unpaired) electrons. The van der Waals surface area contributed by atoms with E-state index in [1.807, 2.05) is 0 Å². The summed E-state index contributed by atoms with van der Waals surface area (Å²) in [6.07, 6.45) is 0. The van der Waals surface area contributed by atoms with E-state index in [0.29, 0.717) is 5.92 Å². The molecule has 3 nitrogen and oxygen atoms in total. The van der Waals surface area contributed by atoms with Gasteiger partial charge in [0.2, 0.25) is 0 Å². The maximum absolute atomic E-state index is 3.63. The molecule has 0 spiro atoms. The summed E-state index contributed by atoms with van der Waals surface area (Å²) in [4.78, 5) is 2.56. The van der Waals surface area contributed by atoms with E-state index < -0.39 is 0 Å². The molecule has 1 aliphatic heterocycles. The van der Waals surface area contributed by atoms with Crippen molar-refractivity contribution >= 4 is 5.69 Å². The van der Waals surface area contributed by atoms with Crippen LogP contribution < -0.4 is 10.6 Å². The SMILES string of the molecule is Cc1cccc(C)c1NCC(C)CN1CCNCC1. The van der Waals surface area contributed by atoms with Crippen molar-refractivity contribution in [2.75, 3.05) is 44.6 Å². The molecule has 1 aromatic carbocycles. The Morgan fingerprint density at radius 3 is 2.47 bits per heavy atom. The summed E-state index contributed by atoms with van der Waals surface area (Å²) in [6, 6.07) is 6.48. The normalized spacial score (nSPS) is 18.3. The van der Waals surface area contributed by atoms with Crippen LogP contribution in [0, 0.1) is 19.8 Å². The molecule has 1 heterocycles. The van der Waals surface area contributed by atoms with Crippen molar-refractivity contribution in [2.24, 2.45) is 5.92 Å². The average Bonchev–Trinajstić information content (AvgIpc) is 2.39. The first-order valence-corrected chi connectivity index (χ1v) is 7.40. The van der Waals surface area contributed by atoms with Gasteiger partial charge in [-0.3, -0.25) is 0 Å². The second kappa shape index (κ2) is 6.92. The van der Waals surface area contributed by atoms with Crippen molar-refractivity contribution in [3.8, 4) is 0 Å². The van der Waals surface area contributed by atoms with Gasteiger partial charge >= 0.3 is 0 Å². The molecule has 1 atom stereocenters. The van der Waals surface area contributed by atoms with Crippen LogP contribution >= 0.6 is 0 Å². The number of nitrogens with one attached hydrogen (secondary N) is 2. The first-order valence-electron chi connectivity index (χ1n) is 7.40. The molecule has 0 bridgehead atoms. The fourth-order valence-electron chi connectivity index (χ4n) is 2.77. The minimum absolute atomic E-state index is 0.678. The number of piperazine rings is 1. The van der Waals surface area contributed by atoms with E-state index in [4.69, 9.17) is 0 Å². The van der Waals surface area contributed by atoms with Crippen molar-refractivity contribution in [1.82, 2.24) is 10.2 Å². The maximum Gasteiger partial charge on any atom is 0.0399 e. The summed E-state index contributed by atoms with van der Waals surface area (Å²) in [5, 5.41) is 7.03. The van der Waals surface area contributed by atoms with Crippen LogP contribution in [0.1, 0.15) is 18.1 Å². The molecule has 19 heavy (non-hydrogen) atoms. The highest BCUT2D eigenvalue weighted by molar-refractivity contribution is 5.56. The van der Waals surface area contributed by atoms with Gasteiger partial charge < -0.3 is 15.5 Å². The quantitative estimate of drug-likeness (QED) is 0.851. The molecule has 3 heteroatoms. The van der Waals surface area contributed by atoms with Gasteiger partial charge in [0.25, 0.3) is 0 Å². The largest absolute Gasteiger partial charge is 0.384 e. The topological polar surface area (TPSA) is 27.3 Å². The first kappa shape index (κ1) is 14.4. The smallest absolute Gasteiger partial charge is 0.0399 e. The fourth-order valence-corrected chi connectivity index (χ4v) is 2.77. The molecule has 1 aliphatic rings. The summed E-state index contributed by atoms with van der Waals surface area (Å²) >= 11 is 0. The van der Waals surface area contributed by atoms with Gasteiger partial charge in [-0.15, -0.1) is 0 Å². The Kier molecular flexibility index (Phi) is 5.23. The van der Waals surface area contributed by atoms with E-state index in [-0.39, 0.29) is 0 Å². The maximum atomic E-state index is 3.63. The van der Waals surface area contributed by atoms with Crippen LogP contribution in [0.2, 0.25) is 0 Å². The van der Waals surface area contributed by atoms with Gasteiger partial charge in [0.05, 0.1) is 0 Å². The molecule has 1 unspecified atom stereocenters. The highest BCUT2D eigenvalue weighted by Crippen LogP contribution is 2.19. The van der Waals surface area contributed by atoms with E-state index in [1.165, 1.54) is 36.4 Å². The molecule has 0 saturated carbocycles. The predicted molar refractivity (Wildman–Crippen MR) is 82.9 cm³/mol. The van der Waals surface area contributed by atoms with Gasteiger partial charge in [0.1, 0.15) is 0 Å². The number of rotatable bonds is 5. The Morgan fingerprint density at radius 1 is 1.21 bits per heavy atom. The van der Waals surface area contributed by atoms with E-state index in [9.17, 15) is 0 Å². The van der Waals surface area contributed by atoms with Crippen LogP contribution in [0.25, 0.3) is 0 Å². The van der Waals surface area contributed by atoms with Crippen LogP contribution in [-0.2, 0) is 0 Å². The fraction of sp³-hybridized carbons (Fsp3) is 0.625. The molecule has 106 valence electrons. The standard InChI is InChI=1S/C16H27N3/c1-13(12-19-9-7-17-8-10-19)11-18-16-14(2)5-4-6-15(16)3/h4-6,13,17-18H,7-12H2,1-3H3. The highest BCUT2D eigenvalue weighted by Gasteiger charge is 2.13. The third kappa shape index (κ3) is 4.22. The lowest BCUT2D eigenvalue weighted by Gasteiger charge is -2.30. The van der Waals surface area contributed by atoms with Crippen LogP contribution in [-0.4, -0.2) is 44.2 Å². The van der Waals surface area contributed by atoms with Gasteiger partial charge in [0, 0.05) is 45.0 Å². The lowest BCUT2D eigenvalue weighted by molar-refractivity contribution is 0.215. The van der Waals surface area contributed by atoms with Crippen LogP contribution in [0.3, 0.4) is 0 Å². The molecule has 2 rings (SSSR count). The Balaban J connectivity index is 1.81. The molecule has 0 aliphatic carbocycles. The number of benzene rings is 1. The third-order valence-corrected chi connectivity index (χ3v) is 3.89. The number of hydrogen-bond donors (Lipinski definition) is 2. The number of para-hydroxylation sites is 1. The van der Waals surface area contributed by atoms with E-state index in [1.54, 1.807) is 0 Å². The Morgan fingerprint density at radius 2 is 1.84 bits per heavy atom. The summed E-state index contributed by atoms with van der Waals surface area (Å²) in [6.45, 7) is 13.6. The van der Waals surface area contributed by atoms with Crippen molar-refractivity contribution in [1.29, 1.82) is 0 Å². The van der Waals surface area contributed by atoms with E-state index >= 15 is 0 Å². The van der Waals surface area contributed by atoms with Gasteiger partial charge in [-0.25, -0.2) is 0 Å². The van der Waals surface area contributed by atoms with Crippen molar-refractivity contribution in [3.05, 3.63) is 29.3 Å². The van der Waals surface area contributed by atoms with E-state index in [2.05, 4.69) is 54.5 Å². The van der Waals surface area contributed by atoms with E-state index in [0.717, 1.165) is 19.6 Å². The van der Waals surface area contributed by atoms with Gasteiger partial charge in [0.15, 0.2) is 0 Å². The third-order valence-electron chi connectivity index (χ3n) is 3.89. The number of aryl methyl sites for hydroxylation is 2.